The SMILES string of the molecule is O=C(Nc1ncnc2c1ncn2C1OC(CO)C(OC(=O)c2ccccc2)C1F)c1ccccc1. The number of nitrogens with zero attached hydrogens (tertiary/aromatic N) is 4. The quantitative estimate of drug-likeness (QED) is 0.406. The van der Waals surface area contributed by atoms with Crippen molar-refractivity contribution < 1.29 is 28.6 Å². The van der Waals surface area contributed by atoms with Gasteiger partial charge in [0.05, 0.1) is 18.5 Å². The van der Waals surface area contributed by atoms with Gasteiger partial charge in [-0.2, -0.15) is 0 Å². The first-order valence-corrected chi connectivity index (χ1v) is 10.8. The number of anilines is 1. The molecule has 11 heteroatoms. The summed E-state index contributed by atoms with van der Waals surface area (Å²) in [5, 5.41) is 12.4. The number of carbonyl (C=O) groups excluding carboxylic acids is 2. The van der Waals surface area contributed by atoms with Crippen molar-refractivity contribution in [1.82, 2.24) is 19.5 Å². The highest BCUT2D eigenvalue weighted by Gasteiger charge is 2.49. The summed E-state index contributed by atoms with van der Waals surface area (Å²) >= 11 is 0. The van der Waals surface area contributed by atoms with Crippen LogP contribution in [0.2, 0.25) is 0 Å². The van der Waals surface area contributed by atoms with Crippen molar-refractivity contribution in [3.8, 4) is 0 Å². The Kier molecular flexibility index (Phi) is 6.17. The van der Waals surface area contributed by atoms with Crippen LogP contribution >= 0.6 is 0 Å². The van der Waals surface area contributed by atoms with Gasteiger partial charge in [-0.25, -0.2) is 24.1 Å². The highest BCUT2D eigenvalue weighted by atomic mass is 19.1. The summed E-state index contributed by atoms with van der Waals surface area (Å²) in [7, 11) is 0. The van der Waals surface area contributed by atoms with Gasteiger partial charge in [-0.15, -0.1) is 0 Å². The number of esters is 1. The molecule has 2 aromatic carbocycles. The molecule has 4 aromatic rings. The van der Waals surface area contributed by atoms with Crippen LogP contribution in [0.25, 0.3) is 11.2 Å². The number of aromatic nitrogens is 4. The van der Waals surface area contributed by atoms with Crippen molar-refractivity contribution in [3.63, 3.8) is 0 Å². The van der Waals surface area contributed by atoms with Crippen LogP contribution in [0.15, 0.2) is 73.3 Å². The Hall–Kier alpha value is -4.22. The molecule has 4 atom stereocenters. The van der Waals surface area contributed by atoms with E-state index in [4.69, 9.17) is 9.47 Å². The third kappa shape index (κ3) is 4.34. The van der Waals surface area contributed by atoms with E-state index in [9.17, 15) is 14.7 Å². The van der Waals surface area contributed by atoms with Crippen molar-refractivity contribution in [2.45, 2.75) is 24.6 Å². The smallest absolute Gasteiger partial charge is 0.338 e. The number of amides is 1. The van der Waals surface area contributed by atoms with E-state index in [0.29, 0.717) is 5.56 Å². The van der Waals surface area contributed by atoms with Gasteiger partial charge in [-0.05, 0) is 24.3 Å². The average molecular weight is 477 g/mol. The van der Waals surface area contributed by atoms with Gasteiger partial charge in [0.15, 0.2) is 35.5 Å². The Balaban J connectivity index is 1.39. The van der Waals surface area contributed by atoms with Crippen LogP contribution in [0, 0.1) is 0 Å². The first-order valence-electron chi connectivity index (χ1n) is 10.8. The Morgan fingerprint density at radius 1 is 1.03 bits per heavy atom. The molecule has 2 N–H and O–H groups in total. The van der Waals surface area contributed by atoms with Gasteiger partial charge in [0.1, 0.15) is 12.4 Å². The number of ether oxygens (including phenoxy) is 2. The van der Waals surface area contributed by atoms with Crippen LogP contribution in [-0.4, -0.2) is 61.5 Å². The number of aliphatic hydroxyl groups excluding tert-OH is 1. The Morgan fingerprint density at radius 2 is 1.71 bits per heavy atom. The Bertz CT molecular complexity index is 1350. The number of benzene rings is 2. The van der Waals surface area contributed by atoms with E-state index in [2.05, 4.69) is 20.3 Å². The number of halogens is 1. The minimum absolute atomic E-state index is 0.141. The van der Waals surface area contributed by atoms with Gasteiger partial charge >= 0.3 is 5.97 Å². The minimum Gasteiger partial charge on any atom is -0.453 e. The lowest BCUT2D eigenvalue weighted by Crippen LogP contribution is -2.35. The van der Waals surface area contributed by atoms with E-state index < -0.39 is 43.1 Å². The second-order valence-corrected chi connectivity index (χ2v) is 7.79. The molecule has 178 valence electrons. The topological polar surface area (TPSA) is 128 Å². The predicted molar refractivity (Wildman–Crippen MR) is 121 cm³/mol. The van der Waals surface area contributed by atoms with Crippen molar-refractivity contribution in [2.24, 2.45) is 0 Å². The maximum Gasteiger partial charge on any atom is 0.338 e. The largest absolute Gasteiger partial charge is 0.453 e. The first kappa shape index (κ1) is 22.6. The lowest BCUT2D eigenvalue weighted by molar-refractivity contribution is -0.0508. The van der Waals surface area contributed by atoms with Gasteiger partial charge in [0, 0.05) is 5.56 Å². The van der Waals surface area contributed by atoms with E-state index >= 15 is 4.39 Å². The van der Waals surface area contributed by atoms with Crippen molar-refractivity contribution >= 4 is 28.9 Å². The lowest BCUT2D eigenvalue weighted by Gasteiger charge is -2.18. The molecule has 0 radical (unpaired) electrons. The van der Waals surface area contributed by atoms with Crippen LogP contribution in [0.5, 0.6) is 0 Å². The molecule has 1 aliphatic heterocycles. The molecule has 1 fully saturated rings. The van der Waals surface area contributed by atoms with Gasteiger partial charge in [-0.3, -0.25) is 9.36 Å². The summed E-state index contributed by atoms with van der Waals surface area (Å²) in [6.45, 7) is -0.566. The number of fused-ring (bicyclic) bond motifs is 1. The lowest BCUT2D eigenvalue weighted by atomic mass is 10.1. The number of hydrogen-bond acceptors (Lipinski definition) is 8. The van der Waals surface area contributed by atoms with Crippen LogP contribution in [0.4, 0.5) is 10.2 Å². The zero-order chi connectivity index (χ0) is 24.4. The molecular formula is C24H20FN5O5. The molecule has 3 heterocycles. The number of nitrogens with one attached hydrogen (secondary N) is 1. The van der Waals surface area contributed by atoms with E-state index in [0.717, 1.165) is 0 Å². The maximum atomic E-state index is 15.5. The van der Waals surface area contributed by atoms with E-state index in [1.807, 2.05) is 0 Å². The molecule has 0 bridgehead atoms. The molecule has 5 rings (SSSR count). The number of aliphatic hydroxyl groups is 1. The second-order valence-electron chi connectivity index (χ2n) is 7.79. The predicted octanol–water partition coefficient (Wildman–Crippen LogP) is 2.53. The third-order valence-electron chi connectivity index (χ3n) is 5.60. The Morgan fingerprint density at radius 3 is 2.40 bits per heavy atom. The first-order chi connectivity index (χ1) is 17.1. The highest BCUT2D eigenvalue weighted by Crippen LogP contribution is 2.36. The molecule has 0 saturated carbocycles. The summed E-state index contributed by atoms with van der Waals surface area (Å²) in [6.07, 6.45) is -3.05. The molecule has 4 unspecified atom stereocenters. The minimum atomic E-state index is -1.82. The summed E-state index contributed by atoms with van der Waals surface area (Å²) in [6, 6.07) is 16.7. The fourth-order valence-electron chi connectivity index (χ4n) is 3.87. The Labute approximate surface area is 198 Å². The number of hydrogen-bond donors (Lipinski definition) is 2. The molecule has 10 nitrogen and oxygen atoms in total. The summed E-state index contributed by atoms with van der Waals surface area (Å²) < 4.78 is 27.9. The molecule has 2 aromatic heterocycles. The zero-order valence-corrected chi connectivity index (χ0v) is 18.2. The van der Waals surface area contributed by atoms with Gasteiger partial charge in [0.25, 0.3) is 5.91 Å². The maximum absolute atomic E-state index is 15.5. The third-order valence-corrected chi connectivity index (χ3v) is 5.60. The zero-order valence-electron chi connectivity index (χ0n) is 18.2. The monoisotopic (exact) mass is 477 g/mol. The number of carbonyl (C=O) groups is 2. The molecule has 1 saturated heterocycles. The standard InChI is InChI=1S/C24H20FN5O5/c25-17-19(35-24(33)15-9-5-2-6-10-15)16(11-31)34-23(17)30-13-28-18-20(26-12-27-21(18)30)29-22(32)14-7-3-1-4-8-14/h1-10,12-13,16-17,19,23,31H,11H2,(H,26,27,29,32). The molecule has 1 amide bonds. The number of alkyl halides is 1. The molecule has 35 heavy (non-hydrogen) atoms. The van der Waals surface area contributed by atoms with Crippen LogP contribution < -0.4 is 5.32 Å². The van der Waals surface area contributed by atoms with Gasteiger partial charge in [0.2, 0.25) is 0 Å². The van der Waals surface area contributed by atoms with Crippen LogP contribution in [0.1, 0.15) is 26.9 Å². The van der Waals surface area contributed by atoms with E-state index in [-0.39, 0.29) is 22.5 Å². The highest BCUT2D eigenvalue weighted by molar-refractivity contribution is 6.06. The van der Waals surface area contributed by atoms with Crippen molar-refractivity contribution in [3.05, 3.63) is 84.4 Å². The van der Waals surface area contributed by atoms with Crippen LogP contribution in [0.3, 0.4) is 0 Å². The summed E-state index contributed by atoms with van der Waals surface area (Å²) in [5.74, 6) is -0.986. The number of rotatable bonds is 6. The molecule has 1 aliphatic rings. The van der Waals surface area contributed by atoms with Crippen molar-refractivity contribution in [1.29, 1.82) is 0 Å². The molecule has 0 aliphatic carbocycles. The average Bonchev–Trinajstić information content (AvgIpc) is 3.46. The normalized spacial score (nSPS) is 21.7. The molecule has 0 spiro atoms. The van der Waals surface area contributed by atoms with E-state index in [1.165, 1.54) is 17.2 Å². The van der Waals surface area contributed by atoms with Gasteiger partial charge < -0.3 is 19.9 Å². The number of imidazole rings is 1. The summed E-state index contributed by atoms with van der Waals surface area (Å²) in [5.41, 5.74) is 1.09. The van der Waals surface area contributed by atoms with Crippen molar-refractivity contribution in [2.75, 3.05) is 11.9 Å². The van der Waals surface area contributed by atoms with Crippen LogP contribution in [-0.2, 0) is 9.47 Å². The van der Waals surface area contributed by atoms with E-state index in [1.54, 1.807) is 60.7 Å². The molecular weight excluding hydrogens is 457 g/mol. The fraction of sp³-hybridized carbons (Fsp3) is 0.208. The fourth-order valence-corrected chi connectivity index (χ4v) is 3.87. The second kappa shape index (κ2) is 9.57. The summed E-state index contributed by atoms with van der Waals surface area (Å²) in [4.78, 5) is 37.5. The van der Waals surface area contributed by atoms with Gasteiger partial charge in [-0.1, -0.05) is 36.4 Å².